The Morgan fingerprint density at radius 1 is 1.14 bits per heavy atom. The lowest BCUT2D eigenvalue weighted by atomic mass is 10.2. The molecule has 6 nitrogen and oxygen atoms in total. The van der Waals surface area contributed by atoms with Gasteiger partial charge in [-0.3, -0.25) is 9.80 Å². The number of hydrogen-bond acceptors (Lipinski definition) is 6. The maximum atomic E-state index is 10.4. The van der Waals surface area contributed by atoms with Gasteiger partial charge in [0.2, 0.25) is 0 Å². The van der Waals surface area contributed by atoms with E-state index in [1.807, 2.05) is 30.4 Å². The number of aliphatic hydroxyl groups is 1. The highest BCUT2D eigenvalue weighted by Crippen LogP contribution is 2.28. The van der Waals surface area contributed by atoms with Gasteiger partial charge in [0.05, 0.1) is 7.11 Å². The standard InChI is InChI=1S/C22H35N3O3/c1-5-9-24(10-6-2)16-19-7-8-21(27-4)22(15-19)28-18-20(26)17-25-13-11-23(3)12-14-25/h5-8,15,20,26H,1-2,9-14,16-18H2,3-4H3/t20-/m0/s1. The maximum Gasteiger partial charge on any atom is 0.161 e. The van der Waals surface area contributed by atoms with Crippen molar-refractivity contribution in [2.24, 2.45) is 0 Å². The van der Waals surface area contributed by atoms with Gasteiger partial charge in [-0.1, -0.05) is 18.2 Å². The van der Waals surface area contributed by atoms with Crippen LogP contribution in [-0.2, 0) is 6.54 Å². The van der Waals surface area contributed by atoms with Crippen LogP contribution in [0.4, 0.5) is 0 Å². The van der Waals surface area contributed by atoms with Crippen LogP contribution in [0.25, 0.3) is 0 Å². The second-order valence-electron chi connectivity index (χ2n) is 7.33. The summed E-state index contributed by atoms with van der Waals surface area (Å²) in [6.45, 7) is 14.9. The van der Waals surface area contributed by atoms with E-state index < -0.39 is 6.10 Å². The number of hydrogen-bond donors (Lipinski definition) is 1. The van der Waals surface area contributed by atoms with E-state index in [0.717, 1.165) is 51.4 Å². The van der Waals surface area contributed by atoms with E-state index in [-0.39, 0.29) is 6.61 Å². The predicted octanol–water partition coefficient (Wildman–Crippen LogP) is 1.86. The molecule has 1 fully saturated rings. The number of nitrogens with zero attached hydrogens (tertiary/aromatic N) is 3. The highest BCUT2D eigenvalue weighted by atomic mass is 16.5. The van der Waals surface area contributed by atoms with Crippen LogP contribution in [0.2, 0.25) is 0 Å². The summed E-state index contributed by atoms with van der Waals surface area (Å²) in [6, 6.07) is 5.93. The molecule has 0 bridgehead atoms. The summed E-state index contributed by atoms with van der Waals surface area (Å²) in [7, 11) is 3.76. The quantitative estimate of drug-likeness (QED) is 0.551. The van der Waals surface area contributed by atoms with E-state index in [2.05, 4.69) is 34.9 Å². The minimum absolute atomic E-state index is 0.245. The van der Waals surface area contributed by atoms with Gasteiger partial charge < -0.3 is 19.5 Å². The van der Waals surface area contributed by atoms with Crippen molar-refractivity contribution >= 4 is 0 Å². The topological polar surface area (TPSA) is 48.4 Å². The number of likely N-dealkylation sites (N-methyl/N-ethyl adjacent to an activating group) is 1. The smallest absolute Gasteiger partial charge is 0.161 e. The monoisotopic (exact) mass is 389 g/mol. The van der Waals surface area contributed by atoms with E-state index in [0.29, 0.717) is 18.0 Å². The largest absolute Gasteiger partial charge is 0.493 e. The zero-order valence-corrected chi connectivity index (χ0v) is 17.3. The van der Waals surface area contributed by atoms with Crippen molar-refractivity contribution in [3.05, 3.63) is 49.1 Å². The third kappa shape index (κ3) is 7.28. The predicted molar refractivity (Wildman–Crippen MR) is 114 cm³/mol. The minimum atomic E-state index is -0.533. The molecule has 2 rings (SSSR count). The van der Waals surface area contributed by atoms with Crippen LogP contribution in [0.3, 0.4) is 0 Å². The van der Waals surface area contributed by atoms with Crippen LogP contribution in [0.1, 0.15) is 5.56 Å². The summed E-state index contributed by atoms with van der Waals surface area (Å²) in [5, 5.41) is 10.4. The molecular formula is C22H35N3O3. The Morgan fingerprint density at radius 3 is 2.43 bits per heavy atom. The number of rotatable bonds is 12. The fourth-order valence-corrected chi connectivity index (χ4v) is 3.33. The zero-order chi connectivity index (χ0) is 20.4. The van der Waals surface area contributed by atoms with Gasteiger partial charge in [0.15, 0.2) is 11.5 Å². The van der Waals surface area contributed by atoms with Gasteiger partial charge in [0, 0.05) is 52.4 Å². The summed E-state index contributed by atoms with van der Waals surface area (Å²) in [6.07, 6.45) is 3.24. The molecule has 1 aliphatic heterocycles. The molecule has 1 aromatic carbocycles. The van der Waals surface area contributed by atoms with Crippen molar-refractivity contribution in [2.75, 3.05) is 66.6 Å². The number of β-amino-alcohol motifs (C(OH)–C–C–N with tert-alkyl or cyclic N) is 1. The molecule has 0 aliphatic carbocycles. The Hall–Kier alpha value is -1.86. The molecule has 1 aliphatic rings. The Morgan fingerprint density at radius 2 is 1.82 bits per heavy atom. The molecule has 0 aromatic heterocycles. The molecule has 156 valence electrons. The molecule has 1 atom stereocenters. The van der Waals surface area contributed by atoms with E-state index in [1.54, 1.807) is 7.11 Å². The van der Waals surface area contributed by atoms with Crippen molar-refractivity contribution in [1.82, 2.24) is 14.7 Å². The summed E-state index contributed by atoms with van der Waals surface area (Å²) in [4.78, 5) is 6.82. The molecule has 6 heteroatoms. The second-order valence-corrected chi connectivity index (χ2v) is 7.33. The maximum absolute atomic E-state index is 10.4. The van der Waals surface area contributed by atoms with Crippen molar-refractivity contribution in [3.63, 3.8) is 0 Å². The summed E-state index contributed by atoms with van der Waals surface area (Å²) in [5.41, 5.74) is 1.12. The fourth-order valence-electron chi connectivity index (χ4n) is 3.33. The lowest BCUT2D eigenvalue weighted by molar-refractivity contribution is 0.0497. The zero-order valence-electron chi connectivity index (χ0n) is 17.3. The third-order valence-electron chi connectivity index (χ3n) is 4.90. The normalized spacial score (nSPS) is 16.7. The van der Waals surface area contributed by atoms with Gasteiger partial charge in [-0.05, 0) is 24.7 Å². The molecule has 0 saturated carbocycles. The number of ether oxygens (including phenoxy) is 2. The van der Waals surface area contributed by atoms with Gasteiger partial charge >= 0.3 is 0 Å². The Kier molecular flexibility index (Phi) is 9.50. The molecule has 1 N–H and O–H groups in total. The number of methoxy groups -OCH3 is 1. The number of benzene rings is 1. The summed E-state index contributed by atoms with van der Waals surface area (Å²) < 4.78 is 11.3. The minimum Gasteiger partial charge on any atom is -0.493 e. The van der Waals surface area contributed by atoms with Crippen LogP contribution in [0, 0.1) is 0 Å². The molecule has 1 aromatic rings. The van der Waals surface area contributed by atoms with Gasteiger partial charge in [0.25, 0.3) is 0 Å². The van der Waals surface area contributed by atoms with Gasteiger partial charge in [-0.25, -0.2) is 0 Å². The first-order chi connectivity index (χ1) is 13.5. The fraction of sp³-hybridized carbons (Fsp3) is 0.545. The van der Waals surface area contributed by atoms with Crippen molar-refractivity contribution < 1.29 is 14.6 Å². The van der Waals surface area contributed by atoms with Gasteiger partial charge in [0.1, 0.15) is 12.7 Å². The van der Waals surface area contributed by atoms with E-state index in [4.69, 9.17) is 9.47 Å². The molecular weight excluding hydrogens is 354 g/mol. The molecule has 1 heterocycles. The third-order valence-corrected chi connectivity index (χ3v) is 4.90. The number of piperazine rings is 1. The van der Waals surface area contributed by atoms with E-state index in [1.165, 1.54) is 0 Å². The summed E-state index contributed by atoms with van der Waals surface area (Å²) >= 11 is 0. The Bertz CT molecular complexity index is 605. The van der Waals surface area contributed by atoms with Crippen molar-refractivity contribution in [1.29, 1.82) is 0 Å². The lowest BCUT2D eigenvalue weighted by Gasteiger charge is -2.33. The van der Waals surface area contributed by atoms with Crippen LogP contribution >= 0.6 is 0 Å². The molecule has 0 amide bonds. The summed E-state index contributed by atoms with van der Waals surface area (Å²) in [5.74, 6) is 1.34. The SMILES string of the molecule is C=CCN(CC=C)Cc1ccc(OC)c(OC[C@@H](O)CN2CCN(C)CC2)c1. The molecule has 1 saturated heterocycles. The van der Waals surface area contributed by atoms with Crippen LogP contribution in [0.5, 0.6) is 11.5 Å². The molecule has 28 heavy (non-hydrogen) atoms. The van der Waals surface area contributed by atoms with Gasteiger partial charge in [-0.2, -0.15) is 0 Å². The van der Waals surface area contributed by atoms with Crippen LogP contribution < -0.4 is 9.47 Å². The van der Waals surface area contributed by atoms with Crippen LogP contribution in [0.15, 0.2) is 43.5 Å². The Labute approximate surface area is 169 Å². The Balaban J connectivity index is 1.93. The second kappa shape index (κ2) is 11.9. The first-order valence-electron chi connectivity index (χ1n) is 9.88. The van der Waals surface area contributed by atoms with E-state index in [9.17, 15) is 5.11 Å². The highest BCUT2D eigenvalue weighted by Gasteiger charge is 2.18. The van der Waals surface area contributed by atoms with Crippen LogP contribution in [-0.4, -0.2) is 92.5 Å². The first kappa shape index (κ1) is 22.4. The number of aliphatic hydroxyl groups excluding tert-OH is 1. The average Bonchev–Trinajstić information content (AvgIpc) is 2.69. The average molecular weight is 390 g/mol. The first-order valence-corrected chi connectivity index (χ1v) is 9.88. The molecule has 0 unspecified atom stereocenters. The van der Waals surface area contributed by atoms with E-state index >= 15 is 0 Å². The van der Waals surface area contributed by atoms with Gasteiger partial charge in [-0.15, -0.1) is 13.2 Å². The highest BCUT2D eigenvalue weighted by molar-refractivity contribution is 5.43. The van der Waals surface area contributed by atoms with Crippen molar-refractivity contribution in [3.8, 4) is 11.5 Å². The molecule has 0 radical (unpaired) electrons. The molecule has 0 spiro atoms. The van der Waals surface area contributed by atoms with Crippen molar-refractivity contribution in [2.45, 2.75) is 12.6 Å². The lowest BCUT2D eigenvalue weighted by Crippen LogP contribution is -2.47.